The topological polar surface area (TPSA) is 49.3 Å². The molecule has 0 bridgehead atoms. The lowest BCUT2D eigenvalue weighted by atomic mass is 9.96. The van der Waals surface area contributed by atoms with Crippen LogP contribution in [0.15, 0.2) is 53.7 Å². The average molecular weight is 357 g/mol. The van der Waals surface area contributed by atoms with Crippen molar-refractivity contribution in [1.82, 2.24) is 15.6 Å². The second kappa shape index (κ2) is 8.34. The van der Waals surface area contributed by atoms with Crippen LogP contribution < -0.4 is 10.6 Å². The molecule has 2 aromatic rings. The minimum atomic E-state index is 0.161. The van der Waals surface area contributed by atoms with Crippen LogP contribution in [0.25, 0.3) is 0 Å². The van der Waals surface area contributed by atoms with Crippen molar-refractivity contribution in [2.45, 2.75) is 31.6 Å². The molecule has 3 rings (SSSR count). The number of pyridine rings is 1. The number of halogens is 1. The van der Waals surface area contributed by atoms with Gasteiger partial charge >= 0.3 is 0 Å². The fraction of sp³-hybridized carbons (Fsp3) is 0.400. The summed E-state index contributed by atoms with van der Waals surface area (Å²) in [6.45, 7) is 4.53. The van der Waals surface area contributed by atoms with Crippen LogP contribution in [0, 0.1) is 0 Å². The van der Waals surface area contributed by atoms with E-state index in [9.17, 15) is 0 Å². The number of hydrogen-bond donors (Lipinski definition) is 2. The summed E-state index contributed by atoms with van der Waals surface area (Å²) >= 11 is 6.15. The Bertz CT molecular complexity index is 711. The highest BCUT2D eigenvalue weighted by Gasteiger charge is 2.44. The summed E-state index contributed by atoms with van der Waals surface area (Å²) in [6.07, 6.45) is 5.05. The molecule has 0 spiro atoms. The van der Waals surface area contributed by atoms with Gasteiger partial charge in [-0.15, -0.1) is 0 Å². The van der Waals surface area contributed by atoms with E-state index in [1.807, 2.05) is 36.5 Å². The maximum Gasteiger partial charge on any atom is 0.191 e. The molecule has 1 heterocycles. The molecule has 1 aromatic heterocycles. The molecule has 25 heavy (non-hydrogen) atoms. The first-order valence-electron chi connectivity index (χ1n) is 8.90. The van der Waals surface area contributed by atoms with Gasteiger partial charge in [-0.3, -0.25) is 9.98 Å². The molecule has 1 saturated carbocycles. The molecule has 0 radical (unpaired) electrons. The summed E-state index contributed by atoms with van der Waals surface area (Å²) in [7, 11) is 0. The molecule has 1 aliphatic carbocycles. The van der Waals surface area contributed by atoms with Gasteiger partial charge in [0.15, 0.2) is 5.96 Å². The lowest BCUT2D eigenvalue weighted by molar-refractivity contribution is 0.691. The van der Waals surface area contributed by atoms with Crippen molar-refractivity contribution >= 4 is 17.6 Å². The van der Waals surface area contributed by atoms with Crippen LogP contribution >= 0.6 is 11.6 Å². The summed E-state index contributed by atoms with van der Waals surface area (Å²) in [5, 5.41) is 7.53. The molecular formula is C20H25ClN4. The SMILES string of the molecule is CCNC(=NCC1(c2cccc(Cl)c2)CC1)NCCc1ccccn1. The van der Waals surface area contributed by atoms with Crippen molar-refractivity contribution in [3.05, 3.63) is 64.9 Å². The first-order valence-corrected chi connectivity index (χ1v) is 9.28. The Morgan fingerprint density at radius 2 is 2.08 bits per heavy atom. The van der Waals surface area contributed by atoms with Gasteiger partial charge in [-0.25, -0.2) is 0 Å². The van der Waals surface area contributed by atoms with Gasteiger partial charge in [0.05, 0.1) is 6.54 Å². The van der Waals surface area contributed by atoms with Crippen LogP contribution in [-0.4, -0.2) is 30.6 Å². The molecule has 0 aliphatic heterocycles. The molecule has 5 heteroatoms. The fourth-order valence-electron chi connectivity index (χ4n) is 2.93. The van der Waals surface area contributed by atoms with E-state index in [0.29, 0.717) is 0 Å². The lowest BCUT2D eigenvalue weighted by Gasteiger charge is -2.16. The van der Waals surface area contributed by atoms with E-state index < -0.39 is 0 Å². The van der Waals surface area contributed by atoms with E-state index in [4.69, 9.17) is 16.6 Å². The van der Waals surface area contributed by atoms with Crippen LogP contribution in [0.5, 0.6) is 0 Å². The van der Waals surface area contributed by atoms with Gasteiger partial charge in [0.2, 0.25) is 0 Å². The molecule has 0 amide bonds. The Hall–Kier alpha value is -2.07. The van der Waals surface area contributed by atoms with Gasteiger partial charge in [0.25, 0.3) is 0 Å². The number of rotatable bonds is 7. The predicted octanol–water partition coefficient (Wildman–Crippen LogP) is 3.56. The van der Waals surface area contributed by atoms with E-state index >= 15 is 0 Å². The Morgan fingerprint density at radius 1 is 1.20 bits per heavy atom. The standard InChI is InChI=1S/C20H25ClN4/c1-2-22-19(24-13-9-18-8-3-4-12-23-18)25-15-20(10-11-20)16-6-5-7-17(21)14-16/h3-8,12,14H,2,9-11,13,15H2,1H3,(H2,22,24,25). The molecule has 1 aliphatic rings. The first kappa shape index (κ1) is 17.7. The largest absolute Gasteiger partial charge is 0.357 e. The Kier molecular flexibility index (Phi) is 5.92. The van der Waals surface area contributed by atoms with E-state index in [1.165, 1.54) is 18.4 Å². The highest BCUT2D eigenvalue weighted by Crippen LogP contribution is 2.48. The number of guanidine groups is 1. The molecule has 1 fully saturated rings. The van der Waals surface area contributed by atoms with E-state index in [0.717, 1.165) is 42.7 Å². The van der Waals surface area contributed by atoms with Crippen LogP contribution in [0.1, 0.15) is 31.0 Å². The molecule has 0 unspecified atom stereocenters. The minimum Gasteiger partial charge on any atom is -0.357 e. The number of aliphatic imine (C=N–C) groups is 1. The highest BCUT2D eigenvalue weighted by molar-refractivity contribution is 6.30. The van der Waals surface area contributed by atoms with Crippen molar-refractivity contribution in [3.8, 4) is 0 Å². The summed E-state index contributed by atoms with van der Waals surface area (Å²) in [5.74, 6) is 0.867. The van der Waals surface area contributed by atoms with Crippen molar-refractivity contribution in [3.63, 3.8) is 0 Å². The molecule has 4 nitrogen and oxygen atoms in total. The first-order chi connectivity index (χ1) is 12.2. The van der Waals surface area contributed by atoms with Gasteiger partial charge < -0.3 is 10.6 Å². The zero-order valence-corrected chi connectivity index (χ0v) is 15.4. The van der Waals surface area contributed by atoms with Crippen LogP contribution in [0.2, 0.25) is 5.02 Å². The Balaban J connectivity index is 1.58. The predicted molar refractivity (Wildman–Crippen MR) is 104 cm³/mol. The zero-order chi connectivity index (χ0) is 17.5. The third-order valence-electron chi connectivity index (χ3n) is 4.57. The molecule has 0 saturated heterocycles. The third-order valence-corrected chi connectivity index (χ3v) is 4.81. The molecule has 2 N–H and O–H groups in total. The highest BCUT2D eigenvalue weighted by atomic mass is 35.5. The van der Waals surface area contributed by atoms with Crippen molar-refractivity contribution in [2.75, 3.05) is 19.6 Å². The van der Waals surface area contributed by atoms with E-state index in [-0.39, 0.29) is 5.41 Å². The average Bonchev–Trinajstić information content (AvgIpc) is 3.42. The van der Waals surface area contributed by atoms with Crippen molar-refractivity contribution < 1.29 is 0 Å². The van der Waals surface area contributed by atoms with E-state index in [2.05, 4.69) is 34.7 Å². The monoisotopic (exact) mass is 356 g/mol. The van der Waals surface area contributed by atoms with Crippen LogP contribution in [0.4, 0.5) is 0 Å². The third kappa shape index (κ3) is 4.95. The smallest absolute Gasteiger partial charge is 0.191 e. The van der Waals surface area contributed by atoms with Crippen LogP contribution in [0.3, 0.4) is 0 Å². The van der Waals surface area contributed by atoms with Gasteiger partial charge in [-0.2, -0.15) is 0 Å². The van der Waals surface area contributed by atoms with Gasteiger partial charge in [0, 0.05) is 41.8 Å². The second-order valence-corrected chi connectivity index (χ2v) is 6.92. The number of hydrogen-bond acceptors (Lipinski definition) is 2. The summed E-state index contributed by atoms with van der Waals surface area (Å²) < 4.78 is 0. The van der Waals surface area contributed by atoms with Gasteiger partial charge in [0.1, 0.15) is 0 Å². The lowest BCUT2D eigenvalue weighted by Crippen LogP contribution is -2.39. The van der Waals surface area contributed by atoms with Crippen molar-refractivity contribution in [2.24, 2.45) is 4.99 Å². The number of aromatic nitrogens is 1. The summed E-state index contributed by atoms with van der Waals surface area (Å²) in [4.78, 5) is 9.17. The molecule has 0 atom stereocenters. The van der Waals surface area contributed by atoms with Crippen molar-refractivity contribution in [1.29, 1.82) is 0 Å². The second-order valence-electron chi connectivity index (χ2n) is 6.48. The number of benzene rings is 1. The minimum absolute atomic E-state index is 0.161. The fourth-order valence-corrected chi connectivity index (χ4v) is 3.12. The molecule has 132 valence electrons. The molecular weight excluding hydrogens is 332 g/mol. The van der Waals surface area contributed by atoms with Gasteiger partial charge in [-0.1, -0.05) is 29.8 Å². The number of nitrogens with one attached hydrogen (secondary N) is 2. The normalized spacial score (nSPS) is 15.7. The summed E-state index contributed by atoms with van der Waals surface area (Å²) in [5.41, 5.74) is 2.55. The zero-order valence-electron chi connectivity index (χ0n) is 14.6. The van der Waals surface area contributed by atoms with E-state index in [1.54, 1.807) is 0 Å². The maximum absolute atomic E-state index is 6.15. The quantitative estimate of drug-likeness (QED) is 0.589. The number of nitrogens with zero attached hydrogens (tertiary/aromatic N) is 2. The Labute approximate surface area is 154 Å². The molecule has 1 aromatic carbocycles. The Morgan fingerprint density at radius 3 is 2.76 bits per heavy atom. The maximum atomic E-state index is 6.15. The van der Waals surface area contributed by atoms with Gasteiger partial charge in [-0.05, 0) is 49.6 Å². The van der Waals surface area contributed by atoms with Crippen LogP contribution in [-0.2, 0) is 11.8 Å². The summed E-state index contributed by atoms with van der Waals surface area (Å²) in [6, 6.07) is 14.2.